The van der Waals surface area contributed by atoms with E-state index in [0.29, 0.717) is 5.56 Å². The van der Waals surface area contributed by atoms with Gasteiger partial charge in [0.15, 0.2) is 0 Å². The van der Waals surface area contributed by atoms with E-state index in [2.05, 4.69) is 0 Å². The van der Waals surface area contributed by atoms with Crippen LogP contribution in [-0.4, -0.2) is 29.7 Å². The van der Waals surface area contributed by atoms with Gasteiger partial charge >= 0.3 is 18.1 Å². The fourth-order valence-corrected chi connectivity index (χ4v) is 1.86. The van der Waals surface area contributed by atoms with Crippen LogP contribution in [0.15, 0.2) is 24.3 Å². The van der Waals surface area contributed by atoms with Crippen LogP contribution >= 0.6 is 0 Å². The Labute approximate surface area is 113 Å². The van der Waals surface area contributed by atoms with E-state index in [1.165, 1.54) is 0 Å². The van der Waals surface area contributed by atoms with Gasteiger partial charge in [0.05, 0.1) is 6.42 Å². The second-order valence-electron chi connectivity index (χ2n) is 4.36. The van der Waals surface area contributed by atoms with Crippen molar-refractivity contribution >= 4 is 11.9 Å². The van der Waals surface area contributed by atoms with Gasteiger partial charge in [0.1, 0.15) is 0 Å². The first-order chi connectivity index (χ1) is 9.21. The van der Waals surface area contributed by atoms with Crippen molar-refractivity contribution in [2.45, 2.75) is 25.4 Å². The summed E-state index contributed by atoms with van der Waals surface area (Å²) in [7, 11) is 0. The number of benzene rings is 1. The first kappa shape index (κ1) is 16.0. The fourth-order valence-electron chi connectivity index (χ4n) is 1.86. The number of nitrogens with one attached hydrogen (secondary N) is 1. The number of carboxylic acids is 1. The Morgan fingerprint density at radius 2 is 1.90 bits per heavy atom. The molecule has 0 aliphatic heterocycles. The molecule has 1 amide bonds. The van der Waals surface area contributed by atoms with Crippen LogP contribution in [0.3, 0.4) is 0 Å². The van der Waals surface area contributed by atoms with Crippen LogP contribution in [0.25, 0.3) is 0 Å². The minimum Gasteiger partial charge on any atom is -0.481 e. The molecule has 4 nitrogen and oxygen atoms in total. The number of hydrogen-bond acceptors (Lipinski definition) is 2. The Morgan fingerprint density at radius 3 is 2.40 bits per heavy atom. The van der Waals surface area contributed by atoms with Crippen LogP contribution < -0.4 is 5.32 Å². The number of carbonyl (C=O) groups excluding carboxylic acids is 1. The maximum Gasteiger partial charge on any atom is 0.471 e. The van der Waals surface area contributed by atoms with Crippen LogP contribution in [0.5, 0.6) is 0 Å². The number of amides is 1. The van der Waals surface area contributed by atoms with Gasteiger partial charge in [-0.1, -0.05) is 24.3 Å². The SMILES string of the molecule is Cc1ccccc1C(CNC(=O)C(F)(F)F)CC(=O)O. The summed E-state index contributed by atoms with van der Waals surface area (Å²) in [5.41, 5.74) is 1.37. The zero-order valence-electron chi connectivity index (χ0n) is 10.7. The largest absolute Gasteiger partial charge is 0.481 e. The quantitative estimate of drug-likeness (QED) is 0.873. The van der Waals surface area contributed by atoms with Gasteiger partial charge in [-0.15, -0.1) is 0 Å². The predicted octanol–water partition coefficient (Wildman–Crippen LogP) is 2.23. The lowest BCUT2D eigenvalue weighted by Gasteiger charge is -2.18. The molecule has 1 rings (SSSR count). The molecule has 0 saturated carbocycles. The number of hydrogen-bond donors (Lipinski definition) is 2. The molecule has 0 aliphatic rings. The molecule has 20 heavy (non-hydrogen) atoms. The maximum atomic E-state index is 12.1. The number of rotatable bonds is 5. The molecule has 1 unspecified atom stereocenters. The lowest BCUT2D eigenvalue weighted by Crippen LogP contribution is -2.39. The third kappa shape index (κ3) is 4.56. The fraction of sp³-hybridized carbons (Fsp3) is 0.385. The molecule has 110 valence electrons. The molecule has 0 aliphatic carbocycles. The van der Waals surface area contributed by atoms with Crippen molar-refractivity contribution < 1.29 is 27.9 Å². The lowest BCUT2D eigenvalue weighted by molar-refractivity contribution is -0.173. The number of halogens is 3. The van der Waals surface area contributed by atoms with Crippen molar-refractivity contribution in [3.63, 3.8) is 0 Å². The number of aryl methyl sites for hydroxylation is 1. The molecule has 0 heterocycles. The highest BCUT2D eigenvalue weighted by Gasteiger charge is 2.38. The van der Waals surface area contributed by atoms with E-state index in [4.69, 9.17) is 5.11 Å². The normalized spacial score (nSPS) is 12.8. The topological polar surface area (TPSA) is 66.4 Å². The van der Waals surface area contributed by atoms with Gasteiger partial charge < -0.3 is 10.4 Å². The van der Waals surface area contributed by atoms with Gasteiger partial charge in [-0.05, 0) is 18.1 Å². The zero-order valence-corrected chi connectivity index (χ0v) is 10.7. The first-order valence-electron chi connectivity index (χ1n) is 5.84. The molecule has 0 radical (unpaired) electrons. The van der Waals surface area contributed by atoms with E-state index < -0.39 is 24.0 Å². The minimum absolute atomic E-state index is 0.358. The second-order valence-corrected chi connectivity index (χ2v) is 4.36. The van der Waals surface area contributed by atoms with Gasteiger partial charge in [-0.3, -0.25) is 9.59 Å². The Hall–Kier alpha value is -2.05. The van der Waals surface area contributed by atoms with Crippen molar-refractivity contribution in [2.75, 3.05) is 6.54 Å². The highest BCUT2D eigenvalue weighted by atomic mass is 19.4. The third-order valence-corrected chi connectivity index (χ3v) is 2.82. The van der Waals surface area contributed by atoms with Crippen LogP contribution in [-0.2, 0) is 9.59 Å². The summed E-state index contributed by atoms with van der Waals surface area (Å²) in [5.74, 6) is -3.92. The summed E-state index contributed by atoms with van der Waals surface area (Å²) in [5, 5.41) is 10.6. The van der Waals surface area contributed by atoms with Crippen LogP contribution in [0.2, 0.25) is 0 Å². The molecule has 0 spiro atoms. The van der Waals surface area contributed by atoms with Gasteiger partial charge in [-0.2, -0.15) is 13.2 Å². The Morgan fingerprint density at radius 1 is 1.30 bits per heavy atom. The van der Waals surface area contributed by atoms with Gasteiger partial charge in [-0.25, -0.2) is 0 Å². The van der Waals surface area contributed by atoms with Crippen molar-refractivity contribution in [3.05, 3.63) is 35.4 Å². The highest BCUT2D eigenvalue weighted by molar-refractivity contribution is 5.81. The molecular weight excluding hydrogens is 275 g/mol. The van der Waals surface area contributed by atoms with Gasteiger partial charge in [0, 0.05) is 12.5 Å². The molecule has 7 heteroatoms. The standard InChI is InChI=1S/C13H14F3NO3/c1-8-4-2-3-5-10(8)9(6-11(18)19)7-17-12(20)13(14,15)16/h2-5,9H,6-7H2,1H3,(H,17,20)(H,18,19). The number of carbonyl (C=O) groups is 2. The van der Waals surface area contributed by atoms with Crippen molar-refractivity contribution in [2.24, 2.45) is 0 Å². The zero-order chi connectivity index (χ0) is 15.3. The van der Waals surface area contributed by atoms with Crippen LogP contribution in [0.4, 0.5) is 13.2 Å². The van der Waals surface area contributed by atoms with E-state index in [1.54, 1.807) is 36.5 Å². The predicted molar refractivity (Wildman–Crippen MR) is 65.2 cm³/mol. The molecule has 0 bridgehead atoms. The first-order valence-corrected chi connectivity index (χ1v) is 5.84. The van der Waals surface area contributed by atoms with E-state index in [9.17, 15) is 22.8 Å². The van der Waals surface area contributed by atoms with E-state index in [-0.39, 0.29) is 13.0 Å². The van der Waals surface area contributed by atoms with E-state index in [1.807, 2.05) is 0 Å². The molecule has 0 fully saturated rings. The van der Waals surface area contributed by atoms with Crippen molar-refractivity contribution in [1.82, 2.24) is 5.32 Å². The number of aliphatic carboxylic acids is 1. The van der Waals surface area contributed by atoms with Crippen LogP contribution in [0.1, 0.15) is 23.5 Å². The molecule has 0 aromatic heterocycles. The Kier molecular flexibility index (Phi) is 5.12. The second kappa shape index (κ2) is 6.40. The molecule has 0 saturated heterocycles. The van der Waals surface area contributed by atoms with Gasteiger partial charge in [0.25, 0.3) is 0 Å². The summed E-state index contributed by atoms with van der Waals surface area (Å²) < 4.78 is 36.3. The molecule has 1 aromatic carbocycles. The number of carboxylic acid groups (broad SMARTS) is 1. The lowest BCUT2D eigenvalue weighted by atomic mass is 9.92. The van der Waals surface area contributed by atoms with E-state index in [0.717, 1.165) is 5.56 Å². The smallest absolute Gasteiger partial charge is 0.471 e. The molecular formula is C13H14F3NO3. The van der Waals surface area contributed by atoms with Crippen molar-refractivity contribution in [3.8, 4) is 0 Å². The van der Waals surface area contributed by atoms with E-state index >= 15 is 0 Å². The summed E-state index contributed by atoms with van der Waals surface area (Å²) in [6.45, 7) is 1.35. The minimum atomic E-state index is -4.97. The number of alkyl halides is 3. The summed E-state index contributed by atoms with van der Waals surface area (Å²) in [6, 6.07) is 6.78. The highest BCUT2D eigenvalue weighted by Crippen LogP contribution is 2.23. The summed E-state index contributed by atoms with van der Waals surface area (Å²) in [4.78, 5) is 21.6. The molecule has 2 N–H and O–H groups in total. The van der Waals surface area contributed by atoms with Gasteiger partial charge in [0.2, 0.25) is 0 Å². The summed E-state index contributed by atoms with van der Waals surface area (Å²) >= 11 is 0. The van der Waals surface area contributed by atoms with Crippen LogP contribution in [0, 0.1) is 6.92 Å². The summed E-state index contributed by atoms with van der Waals surface area (Å²) in [6.07, 6.45) is -5.33. The van der Waals surface area contributed by atoms with Crippen molar-refractivity contribution in [1.29, 1.82) is 0 Å². The maximum absolute atomic E-state index is 12.1. The Balaban J connectivity index is 2.84. The molecule has 1 atom stereocenters. The average molecular weight is 289 g/mol. The Bertz CT molecular complexity index is 500. The monoisotopic (exact) mass is 289 g/mol. The molecule has 1 aromatic rings. The average Bonchev–Trinajstić information content (AvgIpc) is 2.33. The third-order valence-electron chi connectivity index (χ3n) is 2.82.